The molecule has 1 aliphatic rings. The molecule has 49 heavy (non-hydrogen) atoms. The molecule has 0 bridgehead atoms. The molecule has 2 heterocycles. The van der Waals surface area contributed by atoms with E-state index in [9.17, 15) is 48.0 Å². The van der Waals surface area contributed by atoms with Gasteiger partial charge in [-0.05, 0) is 37.3 Å². The van der Waals surface area contributed by atoms with Crippen molar-refractivity contribution in [1.82, 2.24) is 9.55 Å². The van der Waals surface area contributed by atoms with E-state index in [2.05, 4.69) is 4.98 Å². The van der Waals surface area contributed by atoms with Crippen molar-refractivity contribution in [1.29, 1.82) is 0 Å². The third-order valence-corrected chi connectivity index (χ3v) is 13.0. The summed E-state index contributed by atoms with van der Waals surface area (Å²) in [6.45, 7) is 0.498. The normalized spacial score (nSPS) is 20.8. The number of benzene rings is 2. The first-order valence-electron chi connectivity index (χ1n) is 13.0. The fourth-order valence-corrected chi connectivity index (χ4v) is 10.4. The zero-order valence-corrected chi connectivity index (χ0v) is 38.0. The second-order valence-corrected chi connectivity index (χ2v) is 16.5. The van der Waals surface area contributed by atoms with Crippen LogP contribution in [0.3, 0.4) is 0 Å². The molecule has 1 aromatic heterocycles. The summed E-state index contributed by atoms with van der Waals surface area (Å²) in [7, 11) is -16.3. The molecule has 4 rings (SSSR count). The minimum Gasteiger partial charge on any atom is -0.796 e. The molecule has 0 aliphatic carbocycles. The maximum absolute atomic E-state index is 13.1. The number of hydrogen-bond acceptors (Lipinski definition) is 15. The predicted molar refractivity (Wildman–Crippen MR) is 146 cm³/mol. The predicted octanol–water partition coefficient (Wildman–Crippen LogP) is -13.1. The number of aryl methyl sites for hydroxylation is 1. The Morgan fingerprint density at radius 2 is 1.35 bits per heavy atom. The zero-order chi connectivity index (χ0) is 33.0. The van der Waals surface area contributed by atoms with Gasteiger partial charge in [-0.1, -0.05) is 36.4 Å². The number of rotatable bonds is 12. The summed E-state index contributed by atoms with van der Waals surface area (Å²) in [6, 6.07) is 16.5. The van der Waals surface area contributed by atoms with E-state index in [1.807, 2.05) is 0 Å². The second kappa shape index (κ2) is 21.7. The van der Waals surface area contributed by atoms with E-state index in [0.717, 1.165) is 4.57 Å². The van der Waals surface area contributed by atoms with Gasteiger partial charge in [-0.15, -0.1) is 0 Å². The van der Waals surface area contributed by atoms with Gasteiger partial charge >= 0.3 is 136 Å². The van der Waals surface area contributed by atoms with Crippen LogP contribution in [0.2, 0.25) is 0 Å². The molecule has 23 heteroatoms. The number of carbonyl (C=O) groups is 2. The van der Waals surface area contributed by atoms with E-state index in [1.54, 1.807) is 24.3 Å². The van der Waals surface area contributed by atoms with Crippen molar-refractivity contribution in [3.8, 4) is 0 Å². The smallest absolute Gasteiger partial charge is 0.796 e. The third kappa shape index (κ3) is 15.3. The van der Waals surface area contributed by atoms with Gasteiger partial charge in [0, 0.05) is 11.9 Å². The van der Waals surface area contributed by atoms with Crippen molar-refractivity contribution in [2.24, 2.45) is 0 Å². The Balaban J connectivity index is 0.00000576. The van der Waals surface area contributed by atoms with Gasteiger partial charge in [0.2, 0.25) is 0 Å². The quantitative estimate of drug-likeness (QED) is 0.0941. The number of nitrogens with zero attached hydrogens (tertiary/aromatic N) is 2. The summed E-state index contributed by atoms with van der Waals surface area (Å²) in [5.41, 5.74) is -0.418. The van der Waals surface area contributed by atoms with Gasteiger partial charge < -0.3 is 52.3 Å². The standard InChI is InChI=1S/C26H29N2O14P3.4Na/c1-17-12-13-28(26(31)27-17)23-22(42-25(30)19-10-6-3-7-11-19)21(41-24(29)18-8-4-2-5-9-18)20(40-23)14-39-45(37,38)16-43(32,33)15-44(34,35)36;;;;/h2-13,20-23H,14-16H2,1H3,(H,32,33)(H,37,38)(H2,34,35,36);;;;/q;4*+1/p-4/t20-,21-,22-,23-;;;;/m1..../s1. The minimum atomic E-state index is -5.63. The molecule has 242 valence electrons. The average molecular weight is 774 g/mol. The van der Waals surface area contributed by atoms with Gasteiger partial charge in [0.05, 0.1) is 36.9 Å². The van der Waals surface area contributed by atoms with Gasteiger partial charge in [0.1, 0.15) is 13.7 Å². The first-order chi connectivity index (χ1) is 21.0. The molecule has 2 unspecified atom stereocenters. The zero-order valence-electron chi connectivity index (χ0n) is 27.3. The molecular formula is C26H25N2Na4O14P3. The van der Waals surface area contributed by atoms with Crippen LogP contribution < -0.4 is 148 Å². The molecule has 0 N–H and O–H groups in total. The molecule has 0 spiro atoms. The van der Waals surface area contributed by atoms with Crippen LogP contribution in [0.15, 0.2) is 77.7 Å². The van der Waals surface area contributed by atoms with Crippen molar-refractivity contribution in [2.75, 3.05) is 18.4 Å². The fraction of sp³-hybridized carbons (Fsp3) is 0.308. The number of aromatic nitrogens is 2. The first kappa shape index (κ1) is 49.9. The van der Waals surface area contributed by atoms with Crippen LogP contribution in [0, 0.1) is 6.92 Å². The summed E-state index contributed by atoms with van der Waals surface area (Å²) >= 11 is 0. The number of esters is 2. The molecule has 0 saturated carbocycles. The molecule has 1 fully saturated rings. The van der Waals surface area contributed by atoms with Gasteiger partial charge in [-0.2, -0.15) is 12.9 Å². The Hall–Kier alpha value is 0.870. The Morgan fingerprint density at radius 3 is 1.82 bits per heavy atom. The van der Waals surface area contributed by atoms with Crippen LogP contribution in [-0.4, -0.2) is 58.2 Å². The molecule has 3 aromatic rings. The van der Waals surface area contributed by atoms with E-state index in [1.165, 1.54) is 55.6 Å². The third-order valence-electron chi connectivity index (χ3n) is 6.25. The minimum absolute atomic E-state index is 0. The number of hydrogen-bond donors (Lipinski definition) is 0. The van der Waals surface area contributed by atoms with Crippen molar-refractivity contribution in [3.63, 3.8) is 0 Å². The van der Waals surface area contributed by atoms with Crippen LogP contribution in [0.5, 0.6) is 0 Å². The van der Waals surface area contributed by atoms with Crippen LogP contribution >= 0.6 is 22.9 Å². The SMILES string of the molecule is Cc1ccn([C@@H]2O[C@H](COP(=O)([O-])CP(=O)([O-])C[P+]([O-])([O-])[O-])[C@@H](OC(=O)c3ccccc3)[C@H]2OC(=O)c2ccccc2)c(=O)n1.[Na+].[Na+].[Na+].[Na+]. The molecule has 2 aromatic carbocycles. The molecule has 0 amide bonds. The van der Waals surface area contributed by atoms with Crippen molar-refractivity contribution < 1.29 is 180 Å². The van der Waals surface area contributed by atoms with Crippen LogP contribution in [0.1, 0.15) is 32.6 Å². The van der Waals surface area contributed by atoms with E-state index < -0.39 is 83.5 Å². The van der Waals surface area contributed by atoms with Crippen LogP contribution in [-0.2, 0) is 27.9 Å². The van der Waals surface area contributed by atoms with Crippen molar-refractivity contribution in [3.05, 3.63) is 100 Å². The summed E-state index contributed by atoms with van der Waals surface area (Å²) in [5, 5.41) is 0. The van der Waals surface area contributed by atoms with Crippen LogP contribution in [0.25, 0.3) is 0 Å². The van der Waals surface area contributed by atoms with Gasteiger partial charge in [-0.3, -0.25) is 4.57 Å². The van der Waals surface area contributed by atoms with Crippen molar-refractivity contribution >= 4 is 34.8 Å². The molecule has 0 radical (unpaired) electrons. The fourth-order valence-electron chi connectivity index (χ4n) is 4.36. The Kier molecular flexibility index (Phi) is 22.1. The first-order valence-corrected chi connectivity index (χ1v) is 18.5. The largest absolute Gasteiger partial charge is 1.00 e. The van der Waals surface area contributed by atoms with Gasteiger partial charge in [0.15, 0.2) is 18.4 Å². The van der Waals surface area contributed by atoms with E-state index in [0.29, 0.717) is 5.69 Å². The molecule has 1 aliphatic heterocycles. The second-order valence-electron chi connectivity index (χ2n) is 9.91. The van der Waals surface area contributed by atoms with Gasteiger partial charge in [0.25, 0.3) is 0 Å². The summed E-state index contributed by atoms with van der Waals surface area (Å²) < 4.78 is 47.5. The van der Waals surface area contributed by atoms with E-state index in [-0.39, 0.29) is 129 Å². The average Bonchev–Trinajstić information content (AvgIpc) is 3.27. The van der Waals surface area contributed by atoms with Gasteiger partial charge in [-0.25, -0.2) is 14.4 Å². The maximum Gasteiger partial charge on any atom is 1.00 e. The molecule has 1 saturated heterocycles. The summed E-state index contributed by atoms with van der Waals surface area (Å²) in [6.07, 6.45) is -5.16. The summed E-state index contributed by atoms with van der Waals surface area (Å²) in [5.74, 6) is -5.63. The molecule has 6 atom stereocenters. The monoisotopic (exact) mass is 774 g/mol. The number of ether oxygens (including phenoxy) is 3. The maximum atomic E-state index is 13.1. The van der Waals surface area contributed by atoms with Crippen LogP contribution in [0.4, 0.5) is 0 Å². The topological polar surface area (TPSA) is 255 Å². The molecule has 16 nitrogen and oxygen atoms in total. The Bertz CT molecular complexity index is 1680. The summed E-state index contributed by atoms with van der Waals surface area (Å²) in [4.78, 5) is 100. The Labute approximate surface area is 370 Å². The number of carbonyl (C=O) groups excluding carboxylic acids is 2. The van der Waals surface area contributed by atoms with E-state index in [4.69, 9.17) is 18.7 Å². The molecular weight excluding hydrogens is 749 g/mol. The Morgan fingerprint density at radius 1 is 0.857 bits per heavy atom. The van der Waals surface area contributed by atoms with E-state index >= 15 is 0 Å². The van der Waals surface area contributed by atoms with Crippen molar-refractivity contribution in [2.45, 2.75) is 31.5 Å².